The lowest BCUT2D eigenvalue weighted by Crippen LogP contribution is -2.14. The quantitative estimate of drug-likeness (QED) is 0.148. The number of hydrogen-bond donors (Lipinski definition) is 2. The van der Waals surface area contributed by atoms with Crippen LogP contribution in [0.25, 0.3) is 0 Å². The van der Waals surface area contributed by atoms with Crippen molar-refractivity contribution in [3.8, 4) is 0 Å². The molecule has 2 N–H and O–H groups in total. The van der Waals surface area contributed by atoms with Gasteiger partial charge in [-0.3, -0.25) is 4.79 Å². The molecule has 29 heavy (non-hydrogen) atoms. The van der Waals surface area contributed by atoms with Gasteiger partial charge in [0, 0.05) is 30.6 Å². The molecule has 156 valence electrons. The number of carbonyl (C=O) groups is 1. The van der Waals surface area contributed by atoms with E-state index >= 15 is 0 Å². The molecule has 2 rings (SSSR count). The first-order chi connectivity index (χ1) is 13.9. The van der Waals surface area contributed by atoms with Crippen molar-refractivity contribution in [3.05, 3.63) is 46.2 Å². The molecule has 0 spiro atoms. The number of hydrogen-bond acceptors (Lipinski definition) is 5. The molecule has 2 aromatic rings. The van der Waals surface area contributed by atoms with Gasteiger partial charge in [0.05, 0.1) is 28.4 Å². The Balaban J connectivity index is 2.36. The van der Waals surface area contributed by atoms with Crippen LogP contribution in [0.15, 0.2) is 29.3 Å². The van der Waals surface area contributed by atoms with Gasteiger partial charge in [0.2, 0.25) is 0 Å². The number of aliphatic imine (C=N–C) groups is 1. The first kappa shape index (κ1) is 23.0. The Hall–Kier alpha value is -2.25. The van der Waals surface area contributed by atoms with E-state index in [1.807, 2.05) is 18.9 Å². The number of nitrogens with one attached hydrogen (secondary N) is 2. The first-order valence-corrected chi connectivity index (χ1v) is 10.7. The van der Waals surface area contributed by atoms with Gasteiger partial charge in [0.15, 0.2) is 6.29 Å². The smallest absolute Gasteiger partial charge is 0.152 e. The second-order valence-corrected chi connectivity index (χ2v) is 7.75. The van der Waals surface area contributed by atoms with E-state index in [-0.39, 0.29) is 10.7 Å². The van der Waals surface area contributed by atoms with Crippen LogP contribution in [0.3, 0.4) is 0 Å². The summed E-state index contributed by atoms with van der Waals surface area (Å²) >= 11 is 7.94. The van der Waals surface area contributed by atoms with E-state index in [1.54, 1.807) is 31.5 Å². The summed E-state index contributed by atoms with van der Waals surface area (Å²) < 4.78 is 17.6. The van der Waals surface area contributed by atoms with Crippen molar-refractivity contribution in [3.63, 3.8) is 0 Å². The van der Waals surface area contributed by atoms with Crippen molar-refractivity contribution >= 4 is 58.9 Å². The predicted molar refractivity (Wildman–Crippen MR) is 124 cm³/mol. The lowest BCUT2D eigenvalue weighted by Gasteiger charge is -2.17. The van der Waals surface area contributed by atoms with E-state index in [0.717, 1.165) is 25.0 Å². The summed E-state index contributed by atoms with van der Waals surface area (Å²) in [6.07, 6.45) is 3.45. The number of carbonyl (C=O) groups excluding carboxylic acids is 1. The van der Waals surface area contributed by atoms with Crippen LogP contribution in [0, 0.1) is 12.7 Å². The van der Waals surface area contributed by atoms with Crippen molar-refractivity contribution in [1.29, 1.82) is 0 Å². The van der Waals surface area contributed by atoms with Gasteiger partial charge >= 0.3 is 0 Å². The molecule has 8 heteroatoms. The molecule has 0 aliphatic carbocycles. The van der Waals surface area contributed by atoms with Crippen LogP contribution < -0.4 is 10.0 Å². The molecule has 0 radical (unpaired) electrons. The zero-order chi connectivity index (χ0) is 21.4. The molecule has 0 atom stereocenters. The van der Waals surface area contributed by atoms with Crippen LogP contribution in [0.1, 0.15) is 36.2 Å². The van der Waals surface area contributed by atoms with Crippen LogP contribution in [0.4, 0.5) is 27.1 Å². The van der Waals surface area contributed by atoms with Crippen molar-refractivity contribution in [2.45, 2.75) is 27.2 Å². The lowest BCUT2D eigenvalue weighted by molar-refractivity contribution is 0.112. The summed E-state index contributed by atoms with van der Waals surface area (Å²) in [4.78, 5) is 18.0. The molecular formula is C21H26ClFN4OS. The van der Waals surface area contributed by atoms with Crippen molar-refractivity contribution in [2.24, 2.45) is 4.99 Å². The normalized spacial score (nSPS) is 11.0. The van der Waals surface area contributed by atoms with Gasteiger partial charge in [-0.15, -0.1) is 0 Å². The first-order valence-electron chi connectivity index (χ1n) is 9.38. The molecule has 0 fully saturated rings. The number of anilines is 3. The minimum absolute atomic E-state index is 0.163. The molecular weight excluding hydrogens is 411 g/mol. The maximum atomic E-state index is 14.5. The average molecular weight is 437 g/mol. The topological polar surface area (TPSA) is 56.7 Å². The maximum absolute atomic E-state index is 14.5. The van der Waals surface area contributed by atoms with Crippen LogP contribution in [-0.2, 0) is 0 Å². The Kier molecular flexibility index (Phi) is 8.79. The van der Waals surface area contributed by atoms with E-state index < -0.39 is 5.82 Å². The highest BCUT2D eigenvalue weighted by molar-refractivity contribution is 8.00. The minimum Gasteiger partial charge on any atom is -0.366 e. The number of aldehydes is 1. The van der Waals surface area contributed by atoms with Gasteiger partial charge in [0.25, 0.3) is 0 Å². The van der Waals surface area contributed by atoms with E-state index in [2.05, 4.69) is 22.0 Å². The predicted octanol–water partition coefficient (Wildman–Crippen LogP) is 6.43. The number of halogens is 2. The number of nitrogens with zero attached hydrogens (tertiary/aromatic N) is 2. The summed E-state index contributed by atoms with van der Waals surface area (Å²) in [6.45, 7) is 6.68. The third kappa shape index (κ3) is 5.87. The third-order valence-electron chi connectivity index (χ3n) is 4.34. The summed E-state index contributed by atoms with van der Waals surface area (Å²) in [5, 5.41) is 3.30. The molecule has 0 aliphatic heterocycles. The largest absolute Gasteiger partial charge is 0.366 e. The molecule has 0 heterocycles. The second-order valence-electron chi connectivity index (χ2n) is 6.47. The molecule has 0 unspecified atom stereocenters. The van der Waals surface area contributed by atoms with E-state index in [1.165, 1.54) is 18.0 Å². The molecule has 0 saturated carbocycles. The molecule has 0 aliphatic rings. The summed E-state index contributed by atoms with van der Waals surface area (Å²) in [5.41, 5.74) is 3.06. The van der Waals surface area contributed by atoms with Crippen molar-refractivity contribution in [1.82, 2.24) is 4.90 Å². The van der Waals surface area contributed by atoms with Gasteiger partial charge in [-0.05, 0) is 50.1 Å². The van der Waals surface area contributed by atoms with Gasteiger partial charge in [-0.25, -0.2) is 9.38 Å². The highest BCUT2D eigenvalue weighted by atomic mass is 35.5. The van der Waals surface area contributed by atoms with Crippen molar-refractivity contribution in [2.75, 3.05) is 29.4 Å². The highest BCUT2D eigenvalue weighted by Gasteiger charge is 2.15. The summed E-state index contributed by atoms with van der Waals surface area (Å²) in [5.74, 6) is 0.438. The van der Waals surface area contributed by atoms with Crippen LogP contribution >= 0.6 is 23.5 Å². The van der Waals surface area contributed by atoms with Crippen LogP contribution in [-0.4, -0.2) is 36.9 Å². The molecule has 0 amide bonds. The average Bonchev–Trinajstić information content (AvgIpc) is 2.72. The molecule has 0 saturated heterocycles. The number of benzene rings is 2. The molecule has 0 bridgehead atoms. The Labute approximate surface area is 180 Å². The van der Waals surface area contributed by atoms with Gasteiger partial charge in [-0.1, -0.05) is 30.5 Å². The lowest BCUT2D eigenvalue weighted by atomic mass is 10.1. The van der Waals surface area contributed by atoms with Gasteiger partial charge < -0.3 is 14.9 Å². The Morgan fingerprint density at radius 3 is 2.62 bits per heavy atom. The molecule has 0 aromatic heterocycles. The summed E-state index contributed by atoms with van der Waals surface area (Å²) in [6, 6.07) is 6.46. The van der Waals surface area contributed by atoms with Gasteiger partial charge in [-0.2, -0.15) is 0 Å². The maximum Gasteiger partial charge on any atom is 0.152 e. The molecule has 2 aromatic carbocycles. The van der Waals surface area contributed by atoms with E-state index in [4.69, 9.17) is 11.6 Å². The fourth-order valence-corrected chi connectivity index (χ4v) is 3.40. The Morgan fingerprint density at radius 2 is 1.97 bits per heavy atom. The van der Waals surface area contributed by atoms with E-state index in [0.29, 0.717) is 28.2 Å². The SMILES string of the molecule is CCCSNc1ccc(F)c(Nc2ccc(N=CN(C)CC)c(C=O)c2C)c1Cl. The van der Waals surface area contributed by atoms with Crippen LogP contribution in [0.5, 0.6) is 0 Å². The summed E-state index contributed by atoms with van der Waals surface area (Å²) in [7, 11) is 1.90. The zero-order valence-corrected chi connectivity index (χ0v) is 18.6. The highest BCUT2D eigenvalue weighted by Crippen LogP contribution is 2.37. The second kappa shape index (κ2) is 11.1. The fourth-order valence-electron chi connectivity index (χ4n) is 2.46. The third-order valence-corrected chi connectivity index (χ3v) is 5.71. The zero-order valence-electron chi connectivity index (χ0n) is 17.1. The number of rotatable bonds is 10. The van der Waals surface area contributed by atoms with E-state index in [9.17, 15) is 9.18 Å². The monoisotopic (exact) mass is 436 g/mol. The molecule has 5 nitrogen and oxygen atoms in total. The minimum atomic E-state index is -0.472. The van der Waals surface area contributed by atoms with Crippen LogP contribution in [0.2, 0.25) is 5.02 Å². The Morgan fingerprint density at radius 1 is 1.24 bits per heavy atom. The Bertz CT molecular complexity index is 891. The van der Waals surface area contributed by atoms with Crippen molar-refractivity contribution < 1.29 is 9.18 Å². The van der Waals surface area contributed by atoms with Gasteiger partial charge in [0.1, 0.15) is 5.82 Å². The fraction of sp³-hybridized carbons (Fsp3) is 0.333. The standard InChI is InChI=1S/C21H26ClFN4OS/c1-5-11-29-26-19-8-7-16(23)21(20(19)22)25-17-9-10-18(15(12-28)14(17)3)24-13-27(4)6-2/h7-10,12-13,25-26H,5-6,11H2,1-4H3.